The SMILES string of the molecule is Cc1ccc2c(c1)CC(CN(C)CCNCC(C)C)O2. The van der Waals surface area contributed by atoms with E-state index in [1.165, 1.54) is 11.1 Å². The Balaban J connectivity index is 1.70. The minimum atomic E-state index is 0.307. The molecule has 1 aliphatic heterocycles. The zero-order valence-corrected chi connectivity index (χ0v) is 13.3. The van der Waals surface area contributed by atoms with Gasteiger partial charge in [0.1, 0.15) is 11.9 Å². The van der Waals surface area contributed by atoms with E-state index in [1.54, 1.807) is 0 Å². The lowest BCUT2D eigenvalue weighted by Crippen LogP contribution is -2.37. The van der Waals surface area contributed by atoms with Crippen molar-refractivity contribution in [2.24, 2.45) is 5.92 Å². The molecule has 3 heteroatoms. The van der Waals surface area contributed by atoms with E-state index in [-0.39, 0.29) is 0 Å². The van der Waals surface area contributed by atoms with Crippen LogP contribution in [0.15, 0.2) is 18.2 Å². The van der Waals surface area contributed by atoms with Crippen LogP contribution < -0.4 is 10.1 Å². The predicted molar refractivity (Wildman–Crippen MR) is 84.5 cm³/mol. The van der Waals surface area contributed by atoms with Crippen LogP contribution in [0.1, 0.15) is 25.0 Å². The number of ether oxygens (including phenoxy) is 1. The highest BCUT2D eigenvalue weighted by molar-refractivity contribution is 5.40. The van der Waals surface area contributed by atoms with Gasteiger partial charge in [0, 0.05) is 26.1 Å². The zero-order chi connectivity index (χ0) is 14.5. The minimum Gasteiger partial charge on any atom is -0.488 e. The van der Waals surface area contributed by atoms with Crippen molar-refractivity contribution in [3.8, 4) is 5.75 Å². The molecule has 1 aromatic rings. The van der Waals surface area contributed by atoms with Crippen molar-refractivity contribution in [1.82, 2.24) is 10.2 Å². The van der Waals surface area contributed by atoms with Crippen molar-refractivity contribution in [1.29, 1.82) is 0 Å². The molecule has 0 spiro atoms. The maximum atomic E-state index is 6.02. The van der Waals surface area contributed by atoms with Crippen molar-refractivity contribution < 1.29 is 4.74 Å². The van der Waals surface area contributed by atoms with Gasteiger partial charge in [0.05, 0.1) is 0 Å². The lowest BCUT2D eigenvalue weighted by Gasteiger charge is -2.21. The number of hydrogen-bond acceptors (Lipinski definition) is 3. The van der Waals surface area contributed by atoms with Gasteiger partial charge >= 0.3 is 0 Å². The first-order chi connectivity index (χ1) is 9.54. The molecule has 1 aliphatic rings. The molecule has 0 aromatic heterocycles. The molecule has 0 radical (unpaired) electrons. The van der Waals surface area contributed by atoms with Crippen LogP contribution in [0.5, 0.6) is 5.75 Å². The second kappa shape index (κ2) is 7.09. The minimum absolute atomic E-state index is 0.307. The molecule has 1 aromatic carbocycles. The van der Waals surface area contributed by atoms with Gasteiger partial charge < -0.3 is 15.0 Å². The molecule has 1 N–H and O–H groups in total. The maximum absolute atomic E-state index is 6.02. The van der Waals surface area contributed by atoms with E-state index in [9.17, 15) is 0 Å². The quantitative estimate of drug-likeness (QED) is 0.774. The average molecular weight is 276 g/mol. The fourth-order valence-corrected chi connectivity index (χ4v) is 2.65. The number of benzene rings is 1. The summed E-state index contributed by atoms with van der Waals surface area (Å²) in [6.07, 6.45) is 1.35. The fraction of sp³-hybridized carbons (Fsp3) is 0.647. The van der Waals surface area contributed by atoms with E-state index in [4.69, 9.17) is 4.74 Å². The Labute approximate surface area is 123 Å². The summed E-state index contributed by atoms with van der Waals surface area (Å²) in [7, 11) is 2.18. The number of aryl methyl sites for hydroxylation is 1. The Morgan fingerprint density at radius 1 is 1.40 bits per heavy atom. The number of likely N-dealkylation sites (N-methyl/N-ethyl adjacent to an activating group) is 1. The first-order valence-electron chi connectivity index (χ1n) is 7.70. The molecule has 0 amide bonds. The highest BCUT2D eigenvalue weighted by atomic mass is 16.5. The number of nitrogens with one attached hydrogen (secondary N) is 1. The summed E-state index contributed by atoms with van der Waals surface area (Å²) in [5.41, 5.74) is 2.68. The smallest absolute Gasteiger partial charge is 0.123 e. The third-order valence-corrected chi connectivity index (χ3v) is 3.70. The van der Waals surface area contributed by atoms with Gasteiger partial charge in [-0.05, 0) is 38.1 Å². The molecule has 2 rings (SSSR count). The van der Waals surface area contributed by atoms with E-state index in [0.29, 0.717) is 6.10 Å². The molecule has 20 heavy (non-hydrogen) atoms. The Bertz CT molecular complexity index is 431. The Morgan fingerprint density at radius 2 is 2.20 bits per heavy atom. The largest absolute Gasteiger partial charge is 0.488 e. The standard InChI is InChI=1S/C17H28N2O/c1-13(2)11-18-7-8-19(4)12-16-10-15-9-14(3)5-6-17(15)20-16/h5-6,9,13,16,18H,7-8,10-12H2,1-4H3. The summed E-state index contributed by atoms with van der Waals surface area (Å²) < 4.78 is 6.02. The Kier molecular flexibility index (Phi) is 5.44. The highest BCUT2D eigenvalue weighted by Crippen LogP contribution is 2.29. The molecule has 3 nitrogen and oxygen atoms in total. The third kappa shape index (κ3) is 4.50. The van der Waals surface area contributed by atoms with Gasteiger partial charge in [0.2, 0.25) is 0 Å². The molecule has 0 fully saturated rings. The van der Waals surface area contributed by atoms with Gasteiger partial charge in [-0.15, -0.1) is 0 Å². The lowest BCUT2D eigenvalue weighted by molar-refractivity contribution is 0.169. The van der Waals surface area contributed by atoms with Crippen molar-refractivity contribution >= 4 is 0 Å². The normalized spacial score (nSPS) is 17.6. The van der Waals surface area contributed by atoms with Crippen LogP contribution in [0.25, 0.3) is 0 Å². The molecule has 0 saturated heterocycles. The summed E-state index contributed by atoms with van der Waals surface area (Å²) >= 11 is 0. The first-order valence-corrected chi connectivity index (χ1v) is 7.70. The van der Waals surface area contributed by atoms with Crippen LogP contribution in [0.4, 0.5) is 0 Å². The molecule has 0 saturated carbocycles. The maximum Gasteiger partial charge on any atom is 0.123 e. The molecule has 0 aliphatic carbocycles. The summed E-state index contributed by atoms with van der Waals surface area (Å²) in [4.78, 5) is 2.36. The number of nitrogens with zero attached hydrogens (tertiary/aromatic N) is 1. The monoisotopic (exact) mass is 276 g/mol. The zero-order valence-electron chi connectivity index (χ0n) is 13.3. The van der Waals surface area contributed by atoms with Crippen molar-refractivity contribution in [2.45, 2.75) is 33.3 Å². The predicted octanol–water partition coefficient (Wildman–Crippen LogP) is 2.48. The van der Waals surface area contributed by atoms with Gasteiger partial charge in [0.25, 0.3) is 0 Å². The van der Waals surface area contributed by atoms with E-state index >= 15 is 0 Å². The second-order valence-electron chi connectivity index (χ2n) is 6.42. The van der Waals surface area contributed by atoms with E-state index in [0.717, 1.165) is 44.3 Å². The fourth-order valence-electron chi connectivity index (χ4n) is 2.65. The molecule has 112 valence electrons. The van der Waals surface area contributed by atoms with Crippen molar-refractivity contribution in [2.75, 3.05) is 33.2 Å². The summed E-state index contributed by atoms with van der Waals surface area (Å²) in [6.45, 7) is 10.8. The van der Waals surface area contributed by atoms with Gasteiger partial charge in [-0.2, -0.15) is 0 Å². The van der Waals surface area contributed by atoms with Crippen LogP contribution >= 0.6 is 0 Å². The topological polar surface area (TPSA) is 24.5 Å². The molecule has 1 heterocycles. The van der Waals surface area contributed by atoms with Gasteiger partial charge in [-0.3, -0.25) is 0 Å². The summed E-state index contributed by atoms with van der Waals surface area (Å²) in [5, 5.41) is 3.48. The highest BCUT2D eigenvalue weighted by Gasteiger charge is 2.23. The molecule has 0 bridgehead atoms. The van der Waals surface area contributed by atoms with Crippen LogP contribution in [0, 0.1) is 12.8 Å². The molecule has 1 atom stereocenters. The van der Waals surface area contributed by atoms with Crippen LogP contribution in [0.3, 0.4) is 0 Å². The second-order valence-corrected chi connectivity index (χ2v) is 6.42. The van der Waals surface area contributed by atoms with Crippen LogP contribution in [-0.4, -0.2) is 44.2 Å². The number of fused-ring (bicyclic) bond motifs is 1. The number of hydrogen-bond donors (Lipinski definition) is 1. The van der Waals surface area contributed by atoms with Gasteiger partial charge in [0.15, 0.2) is 0 Å². The van der Waals surface area contributed by atoms with Gasteiger partial charge in [-0.25, -0.2) is 0 Å². The van der Waals surface area contributed by atoms with Crippen molar-refractivity contribution in [3.63, 3.8) is 0 Å². The summed E-state index contributed by atoms with van der Waals surface area (Å²) in [6, 6.07) is 6.48. The van der Waals surface area contributed by atoms with E-state index in [2.05, 4.69) is 56.2 Å². The van der Waals surface area contributed by atoms with Crippen molar-refractivity contribution in [3.05, 3.63) is 29.3 Å². The first kappa shape index (κ1) is 15.3. The lowest BCUT2D eigenvalue weighted by atomic mass is 10.1. The molecule has 1 unspecified atom stereocenters. The average Bonchev–Trinajstić information content (AvgIpc) is 2.75. The van der Waals surface area contributed by atoms with Crippen LogP contribution in [0.2, 0.25) is 0 Å². The molecular weight excluding hydrogens is 248 g/mol. The van der Waals surface area contributed by atoms with Crippen LogP contribution in [-0.2, 0) is 6.42 Å². The number of rotatable bonds is 7. The Hall–Kier alpha value is -1.06. The van der Waals surface area contributed by atoms with Gasteiger partial charge in [-0.1, -0.05) is 31.5 Å². The third-order valence-electron chi connectivity index (χ3n) is 3.70. The van der Waals surface area contributed by atoms with E-state index in [1.807, 2.05) is 0 Å². The molecular formula is C17H28N2O. The van der Waals surface area contributed by atoms with E-state index < -0.39 is 0 Å². The summed E-state index contributed by atoms with van der Waals surface area (Å²) in [5.74, 6) is 1.79. The Morgan fingerprint density at radius 3 is 2.95 bits per heavy atom.